The van der Waals surface area contributed by atoms with Gasteiger partial charge in [0.15, 0.2) is 11.6 Å². The van der Waals surface area contributed by atoms with Crippen molar-refractivity contribution in [3.63, 3.8) is 0 Å². The zero-order chi connectivity index (χ0) is 44.9. The highest BCUT2D eigenvalue weighted by atomic mass is 79.9. The summed E-state index contributed by atoms with van der Waals surface area (Å²) < 4.78 is 40.0. The van der Waals surface area contributed by atoms with Crippen molar-refractivity contribution in [1.29, 1.82) is 0 Å². The molecule has 6 aromatic carbocycles. The number of alkyl halides is 3. The zero-order valence-electron chi connectivity index (χ0n) is 31.9. The Morgan fingerprint density at radius 3 is 1.46 bits per heavy atom. The molecule has 0 atom stereocenters. The van der Waals surface area contributed by atoms with E-state index in [1.54, 1.807) is 60.7 Å². The minimum absolute atomic E-state index is 0. The van der Waals surface area contributed by atoms with Crippen LogP contribution in [-0.2, 0) is 15.5 Å². The number of carbonyl (C=O) groups is 2. The molecule has 0 amide bonds. The normalized spacial score (nSPS) is 10.3. The maximum absolute atomic E-state index is 13.9. The lowest BCUT2D eigenvalue weighted by Crippen LogP contribution is -2.15. The van der Waals surface area contributed by atoms with Crippen molar-refractivity contribution in [2.75, 3.05) is 16.8 Å². The van der Waals surface area contributed by atoms with E-state index in [9.17, 15) is 22.8 Å². The fourth-order valence-corrected chi connectivity index (χ4v) is 7.20. The minimum Gasteiger partial charge on any atom is -0.397 e. The molecule has 0 fully saturated rings. The van der Waals surface area contributed by atoms with Gasteiger partial charge in [0.2, 0.25) is 11.6 Å². The number of aromatic nitrogens is 4. The summed E-state index contributed by atoms with van der Waals surface area (Å²) in [5, 5.41) is 2.50. The lowest BCUT2D eigenvalue weighted by molar-refractivity contribution is -0.112. The van der Waals surface area contributed by atoms with Crippen LogP contribution < -0.4 is 11.5 Å². The van der Waals surface area contributed by atoms with E-state index in [2.05, 4.69) is 67.7 Å². The van der Waals surface area contributed by atoms with E-state index in [0.29, 0.717) is 53.8 Å². The van der Waals surface area contributed by atoms with Gasteiger partial charge in [0.05, 0.1) is 65.6 Å². The van der Waals surface area contributed by atoms with Crippen molar-refractivity contribution in [2.45, 2.75) is 18.1 Å². The average Bonchev–Trinajstić information content (AvgIpc) is 3.28. The van der Waals surface area contributed by atoms with Gasteiger partial charge in [-0.2, -0.15) is 0 Å². The number of halogens is 9. The average molecular weight is 1110 g/mol. The number of fused-ring (bicyclic) bond motifs is 2. The quantitative estimate of drug-likeness (QED) is 0.0696. The number of nitrogen functional groups attached to an aromatic ring is 2. The third-order valence-corrected chi connectivity index (χ3v) is 11.1. The number of carbonyl (C=O) groups excluding carboxylic acids is 2. The highest BCUT2D eigenvalue weighted by Gasteiger charge is 2.18. The van der Waals surface area contributed by atoms with Crippen molar-refractivity contribution in [3.05, 3.63) is 177 Å². The van der Waals surface area contributed by atoms with Gasteiger partial charge in [0, 0.05) is 27.4 Å². The Labute approximate surface area is 401 Å². The van der Waals surface area contributed by atoms with Crippen molar-refractivity contribution in [3.8, 4) is 22.5 Å². The van der Waals surface area contributed by atoms with Crippen LogP contribution in [0.1, 0.15) is 29.2 Å². The molecule has 63 heavy (non-hydrogen) atoms. The summed E-state index contributed by atoms with van der Waals surface area (Å²) >= 11 is 27.8. The third kappa shape index (κ3) is 12.8. The summed E-state index contributed by atoms with van der Waals surface area (Å²) in [5.74, 6) is -2.27. The van der Waals surface area contributed by atoms with E-state index >= 15 is 0 Å². The maximum atomic E-state index is 13.9. The molecule has 4 N–H and O–H groups in total. The predicted octanol–water partition coefficient (Wildman–Crippen LogP) is 14.1. The standard InChI is InChI=1S/2C15H9BrClFN2.C9H6BrClO2.C6H7FN2.CH4/c16-8-13-14(9-4-1-2-5-10(9)17)19-12-7-3-6-11(18)15(12)20-13;16-8-13-14(9-4-1-2-5-10(9)17)20-15-11(18)6-3-7-12(15)19-13;10-5-8(12)9(13)6-3-1-2-4-7(6)11;7-4-2-1-3-5(8)6(4)9;/h2*1-7H,8H2;1-4H,5H2;1-3H,8-9H2;1H4. The maximum Gasteiger partial charge on any atom is 0.230 e. The molecule has 0 aliphatic heterocycles. The first kappa shape index (κ1) is 50.7. The molecule has 0 saturated carbocycles. The fraction of sp³-hybridized carbons (Fsp3) is 0.0870. The number of nitrogens with zero attached hydrogens (tertiary/aromatic N) is 4. The fourth-order valence-electron chi connectivity index (χ4n) is 5.49. The van der Waals surface area contributed by atoms with E-state index in [-0.39, 0.29) is 52.4 Å². The second-order valence-electron chi connectivity index (χ2n) is 12.6. The number of rotatable bonds is 7. The van der Waals surface area contributed by atoms with Crippen LogP contribution in [0.3, 0.4) is 0 Å². The van der Waals surface area contributed by atoms with Crippen molar-refractivity contribution < 1.29 is 22.8 Å². The number of hydrogen-bond donors (Lipinski definition) is 2. The van der Waals surface area contributed by atoms with Crippen LogP contribution in [0.2, 0.25) is 15.1 Å². The van der Waals surface area contributed by atoms with Gasteiger partial charge in [0.25, 0.3) is 0 Å². The van der Waals surface area contributed by atoms with Crippen molar-refractivity contribution in [1.82, 2.24) is 19.9 Å². The van der Waals surface area contributed by atoms with Gasteiger partial charge in [-0.15, -0.1) is 0 Å². The van der Waals surface area contributed by atoms with Gasteiger partial charge in [-0.25, -0.2) is 33.1 Å². The summed E-state index contributed by atoms with van der Waals surface area (Å²) in [6, 6.07) is 35.1. The molecular formula is C46H35Br3Cl3F3N6O2. The molecule has 0 radical (unpaired) electrons. The van der Waals surface area contributed by atoms with E-state index in [1.165, 1.54) is 30.3 Å². The molecule has 324 valence electrons. The van der Waals surface area contributed by atoms with Crippen LogP contribution in [0.5, 0.6) is 0 Å². The van der Waals surface area contributed by atoms with Crippen LogP contribution in [0.25, 0.3) is 44.6 Å². The third-order valence-electron chi connectivity index (χ3n) is 8.53. The van der Waals surface area contributed by atoms with Crippen molar-refractivity contribution in [2.24, 2.45) is 0 Å². The number of para-hydroxylation sites is 3. The number of anilines is 2. The minimum atomic E-state index is -0.553. The Morgan fingerprint density at radius 2 is 0.968 bits per heavy atom. The highest BCUT2D eigenvalue weighted by molar-refractivity contribution is 9.09. The highest BCUT2D eigenvalue weighted by Crippen LogP contribution is 2.32. The largest absolute Gasteiger partial charge is 0.397 e. The Bertz CT molecular complexity index is 2880. The van der Waals surface area contributed by atoms with Crippen LogP contribution in [0.15, 0.2) is 127 Å². The van der Waals surface area contributed by atoms with Crippen LogP contribution >= 0.6 is 82.6 Å². The first-order chi connectivity index (χ1) is 29.8. The number of nitrogens with two attached hydrogens (primary N) is 2. The Morgan fingerprint density at radius 1 is 0.524 bits per heavy atom. The van der Waals surface area contributed by atoms with E-state index in [1.807, 2.05) is 36.4 Å². The predicted molar refractivity (Wildman–Crippen MR) is 262 cm³/mol. The molecule has 0 aliphatic carbocycles. The Balaban J connectivity index is 0.000000191. The molecule has 0 spiro atoms. The van der Waals surface area contributed by atoms with Gasteiger partial charge >= 0.3 is 0 Å². The lowest BCUT2D eigenvalue weighted by Gasteiger charge is -2.09. The van der Waals surface area contributed by atoms with Crippen LogP contribution in [0.4, 0.5) is 24.5 Å². The smallest absolute Gasteiger partial charge is 0.230 e. The summed E-state index contributed by atoms with van der Waals surface area (Å²) in [6.45, 7) is 0. The van der Waals surface area contributed by atoms with E-state index in [4.69, 9.17) is 46.3 Å². The second-order valence-corrected chi connectivity index (χ2v) is 15.5. The van der Waals surface area contributed by atoms with Crippen molar-refractivity contribution >= 4 is 128 Å². The molecule has 17 heteroatoms. The van der Waals surface area contributed by atoms with Gasteiger partial charge in [0.1, 0.15) is 16.9 Å². The SMILES string of the molecule is C.Fc1cccc2nc(-c3ccccc3Cl)c(CBr)nc12.Fc1cccc2nc(CBr)c(-c3ccccc3Cl)nc12.Nc1cccc(F)c1N.O=C(CBr)C(=O)c1ccccc1Cl. The van der Waals surface area contributed by atoms with Gasteiger partial charge in [-0.05, 0) is 60.7 Å². The molecule has 0 unspecified atom stereocenters. The number of Topliss-reactive ketones (excluding diaryl/α,β-unsaturated/α-hetero) is 2. The number of hydrogen-bond acceptors (Lipinski definition) is 8. The van der Waals surface area contributed by atoms with Gasteiger partial charge < -0.3 is 11.5 Å². The summed E-state index contributed by atoms with van der Waals surface area (Å²) in [5.41, 5.74) is 16.8. The van der Waals surface area contributed by atoms with E-state index in [0.717, 1.165) is 16.8 Å². The topological polar surface area (TPSA) is 138 Å². The molecule has 2 heterocycles. The molecule has 0 saturated heterocycles. The van der Waals surface area contributed by atoms with Gasteiger partial charge in [-0.1, -0.05) is 157 Å². The van der Waals surface area contributed by atoms with Crippen LogP contribution in [-0.4, -0.2) is 36.8 Å². The molecule has 8 rings (SSSR count). The number of ketones is 2. The first-order valence-electron chi connectivity index (χ1n) is 18.0. The number of benzene rings is 6. The second kappa shape index (κ2) is 24.2. The Hall–Kier alpha value is -4.96. The molecule has 8 aromatic rings. The molecule has 2 aromatic heterocycles. The zero-order valence-corrected chi connectivity index (χ0v) is 38.9. The van der Waals surface area contributed by atoms with Crippen LogP contribution in [0, 0.1) is 17.5 Å². The Kier molecular flexibility index (Phi) is 19.5. The summed E-state index contributed by atoms with van der Waals surface area (Å²) in [7, 11) is 0. The molecule has 0 aliphatic rings. The molecule has 0 bridgehead atoms. The molecule has 8 nitrogen and oxygen atoms in total. The molecular weight excluding hydrogens is 1070 g/mol. The first-order valence-corrected chi connectivity index (χ1v) is 22.5. The monoisotopic (exact) mass is 1100 g/mol. The summed E-state index contributed by atoms with van der Waals surface area (Å²) in [6.07, 6.45) is 0. The van der Waals surface area contributed by atoms with E-state index < -0.39 is 17.4 Å². The lowest BCUT2D eigenvalue weighted by atomic mass is 10.1. The summed E-state index contributed by atoms with van der Waals surface area (Å²) in [4.78, 5) is 40.1. The van der Waals surface area contributed by atoms with Gasteiger partial charge in [-0.3, -0.25) is 9.59 Å².